The first-order valence-corrected chi connectivity index (χ1v) is 5.80. The van der Waals surface area contributed by atoms with Crippen molar-refractivity contribution in [2.75, 3.05) is 0 Å². The highest BCUT2D eigenvalue weighted by Gasteiger charge is 2.09. The van der Waals surface area contributed by atoms with Crippen molar-refractivity contribution in [3.05, 3.63) is 16.1 Å². The molecule has 84 valence electrons. The Morgan fingerprint density at radius 3 is 3.00 bits per heavy atom. The summed E-state index contributed by atoms with van der Waals surface area (Å²) in [5.41, 5.74) is 0.695. The van der Waals surface area contributed by atoms with Gasteiger partial charge in [0.2, 0.25) is 5.01 Å². The third-order valence-corrected chi connectivity index (χ3v) is 2.82. The molecule has 1 atom stereocenters. The van der Waals surface area contributed by atoms with Crippen LogP contribution in [-0.2, 0) is 11.3 Å². The molecule has 0 amide bonds. The van der Waals surface area contributed by atoms with Gasteiger partial charge in [-0.2, -0.15) is 0 Å². The predicted molar refractivity (Wildman–Crippen MR) is 58.2 cm³/mol. The highest BCUT2D eigenvalue weighted by atomic mass is 32.1. The number of carbonyl (C=O) groups is 1. The maximum atomic E-state index is 10.6. The van der Waals surface area contributed by atoms with E-state index in [2.05, 4.69) is 11.9 Å². The van der Waals surface area contributed by atoms with Crippen LogP contribution in [0.2, 0.25) is 0 Å². The van der Waals surface area contributed by atoms with Crippen molar-refractivity contribution in [1.29, 1.82) is 0 Å². The summed E-state index contributed by atoms with van der Waals surface area (Å²) in [4.78, 5) is 14.5. The molecular weight excluding hydrogens is 214 g/mol. The lowest BCUT2D eigenvalue weighted by Crippen LogP contribution is -2.07. The van der Waals surface area contributed by atoms with Crippen LogP contribution in [-0.4, -0.2) is 22.2 Å². The Morgan fingerprint density at radius 1 is 1.73 bits per heavy atom. The van der Waals surface area contributed by atoms with Gasteiger partial charge >= 0.3 is 5.97 Å². The lowest BCUT2D eigenvalue weighted by atomic mass is 10.2. The zero-order chi connectivity index (χ0) is 11.3. The van der Waals surface area contributed by atoms with Crippen LogP contribution >= 0.6 is 11.3 Å². The van der Waals surface area contributed by atoms with Crippen molar-refractivity contribution < 1.29 is 14.6 Å². The summed E-state index contributed by atoms with van der Waals surface area (Å²) in [6.45, 7) is 4.50. The molecular formula is C10H15NO3S. The summed E-state index contributed by atoms with van der Waals surface area (Å²) in [6, 6.07) is 0. The minimum Gasteiger partial charge on any atom is -0.476 e. The maximum Gasteiger partial charge on any atom is 0.365 e. The Labute approximate surface area is 92.9 Å². The van der Waals surface area contributed by atoms with Crippen molar-refractivity contribution >= 4 is 17.3 Å². The number of aromatic carboxylic acids is 1. The zero-order valence-corrected chi connectivity index (χ0v) is 9.71. The molecule has 0 saturated heterocycles. The second-order valence-electron chi connectivity index (χ2n) is 3.36. The molecule has 1 aromatic heterocycles. The van der Waals surface area contributed by atoms with Crippen LogP contribution in [0.3, 0.4) is 0 Å². The fourth-order valence-electron chi connectivity index (χ4n) is 1.19. The quantitative estimate of drug-likeness (QED) is 0.814. The van der Waals surface area contributed by atoms with E-state index in [1.54, 1.807) is 5.38 Å². The molecule has 0 aliphatic rings. The molecule has 0 saturated carbocycles. The molecule has 1 rings (SSSR count). The van der Waals surface area contributed by atoms with Gasteiger partial charge in [0.05, 0.1) is 18.4 Å². The number of nitrogens with zero attached hydrogens (tertiary/aromatic N) is 1. The van der Waals surface area contributed by atoms with Crippen LogP contribution in [0.1, 0.15) is 42.2 Å². The SMILES string of the molecule is CCCC(C)OCc1csc(C(=O)O)n1. The highest BCUT2D eigenvalue weighted by molar-refractivity contribution is 7.11. The molecule has 0 radical (unpaired) electrons. The van der Waals surface area contributed by atoms with Crippen LogP contribution in [0, 0.1) is 0 Å². The third-order valence-electron chi connectivity index (χ3n) is 1.95. The number of carboxylic acids is 1. The molecule has 0 spiro atoms. The topological polar surface area (TPSA) is 59.4 Å². The third kappa shape index (κ3) is 3.97. The molecule has 15 heavy (non-hydrogen) atoms. The van der Waals surface area contributed by atoms with Crippen LogP contribution in [0.25, 0.3) is 0 Å². The zero-order valence-electron chi connectivity index (χ0n) is 8.90. The molecule has 1 N–H and O–H groups in total. The first-order chi connectivity index (χ1) is 7.13. The molecule has 0 aromatic carbocycles. The molecule has 1 unspecified atom stereocenters. The summed E-state index contributed by atoms with van der Waals surface area (Å²) in [5, 5.41) is 10.5. The normalized spacial score (nSPS) is 12.7. The lowest BCUT2D eigenvalue weighted by molar-refractivity contribution is 0.0454. The van der Waals surface area contributed by atoms with Crippen molar-refractivity contribution in [3.63, 3.8) is 0 Å². The van der Waals surface area contributed by atoms with Gasteiger partial charge in [-0.3, -0.25) is 0 Å². The standard InChI is InChI=1S/C10H15NO3S/c1-3-4-7(2)14-5-8-6-15-9(11-8)10(12)13/h6-7H,3-5H2,1-2H3,(H,12,13). The summed E-state index contributed by atoms with van der Waals surface area (Å²) in [5.74, 6) is -0.979. The largest absolute Gasteiger partial charge is 0.476 e. The average molecular weight is 229 g/mol. The average Bonchev–Trinajstić information content (AvgIpc) is 2.63. The van der Waals surface area contributed by atoms with Gasteiger partial charge in [-0.05, 0) is 13.3 Å². The molecule has 5 heteroatoms. The number of thiazole rings is 1. The fourth-order valence-corrected chi connectivity index (χ4v) is 1.83. The summed E-state index contributed by atoms with van der Waals surface area (Å²) < 4.78 is 5.51. The number of carboxylic acid groups (broad SMARTS) is 1. The van der Waals surface area contributed by atoms with Crippen LogP contribution in [0.5, 0.6) is 0 Å². The fraction of sp³-hybridized carbons (Fsp3) is 0.600. The number of hydrogen-bond acceptors (Lipinski definition) is 4. The number of aromatic nitrogens is 1. The van der Waals surface area contributed by atoms with E-state index in [0.29, 0.717) is 12.3 Å². The van der Waals surface area contributed by atoms with Gasteiger partial charge in [0.25, 0.3) is 0 Å². The van der Waals surface area contributed by atoms with Gasteiger partial charge in [-0.25, -0.2) is 9.78 Å². The number of hydrogen-bond donors (Lipinski definition) is 1. The van der Waals surface area contributed by atoms with Gasteiger partial charge in [0.15, 0.2) is 0 Å². The first kappa shape index (κ1) is 12.1. The van der Waals surface area contributed by atoms with E-state index in [1.807, 2.05) is 6.92 Å². The van der Waals surface area contributed by atoms with E-state index in [0.717, 1.165) is 24.2 Å². The smallest absolute Gasteiger partial charge is 0.365 e. The maximum absolute atomic E-state index is 10.6. The van der Waals surface area contributed by atoms with Crippen molar-refractivity contribution in [1.82, 2.24) is 4.98 Å². The Balaban J connectivity index is 2.40. The molecule has 0 aliphatic carbocycles. The molecule has 0 fully saturated rings. The second kappa shape index (κ2) is 5.82. The van der Waals surface area contributed by atoms with Gasteiger partial charge in [-0.15, -0.1) is 11.3 Å². The van der Waals surface area contributed by atoms with Crippen molar-refractivity contribution in [2.45, 2.75) is 39.4 Å². The van der Waals surface area contributed by atoms with Crippen LogP contribution < -0.4 is 0 Å². The minimum absolute atomic E-state index is 0.122. The summed E-state index contributed by atoms with van der Waals surface area (Å²) in [6.07, 6.45) is 2.29. The highest BCUT2D eigenvalue weighted by Crippen LogP contribution is 2.12. The molecule has 1 heterocycles. The second-order valence-corrected chi connectivity index (χ2v) is 4.22. The van der Waals surface area contributed by atoms with Crippen LogP contribution in [0.15, 0.2) is 5.38 Å². The van der Waals surface area contributed by atoms with Gasteiger partial charge < -0.3 is 9.84 Å². The Kier molecular flexibility index (Phi) is 4.71. The van der Waals surface area contributed by atoms with E-state index in [1.165, 1.54) is 0 Å². The molecule has 0 bridgehead atoms. The minimum atomic E-state index is -0.979. The lowest BCUT2D eigenvalue weighted by Gasteiger charge is -2.09. The van der Waals surface area contributed by atoms with E-state index in [-0.39, 0.29) is 11.1 Å². The van der Waals surface area contributed by atoms with E-state index in [4.69, 9.17) is 9.84 Å². The van der Waals surface area contributed by atoms with Gasteiger partial charge in [0, 0.05) is 5.38 Å². The first-order valence-electron chi connectivity index (χ1n) is 4.92. The molecule has 1 aromatic rings. The number of ether oxygens (including phenoxy) is 1. The monoisotopic (exact) mass is 229 g/mol. The molecule has 0 aliphatic heterocycles. The van der Waals surface area contributed by atoms with E-state index < -0.39 is 5.97 Å². The molecule has 4 nitrogen and oxygen atoms in total. The van der Waals surface area contributed by atoms with Crippen molar-refractivity contribution in [2.24, 2.45) is 0 Å². The number of rotatable bonds is 6. The van der Waals surface area contributed by atoms with Gasteiger partial charge in [0.1, 0.15) is 0 Å². The van der Waals surface area contributed by atoms with Gasteiger partial charge in [-0.1, -0.05) is 13.3 Å². The summed E-state index contributed by atoms with van der Waals surface area (Å²) >= 11 is 1.13. The van der Waals surface area contributed by atoms with Crippen molar-refractivity contribution in [3.8, 4) is 0 Å². The van der Waals surface area contributed by atoms with Crippen LogP contribution in [0.4, 0.5) is 0 Å². The Hall–Kier alpha value is -0.940. The van der Waals surface area contributed by atoms with E-state index >= 15 is 0 Å². The Bertz CT molecular complexity index is 324. The summed E-state index contributed by atoms with van der Waals surface area (Å²) in [7, 11) is 0. The van der Waals surface area contributed by atoms with E-state index in [9.17, 15) is 4.79 Å². The predicted octanol–water partition coefficient (Wildman–Crippen LogP) is 2.55. The Morgan fingerprint density at radius 2 is 2.47 bits per heavy atom.